The molecule has 9 nitrogen and oxygen atoms in total. The van der Waals surface area contributed by atoms with Crippen molar-refractivity contribution in [2.45, 2.75) is 57.5 Å². The Morgan fingerprint density at radius 2 is 1.63 bits per heavy atom. The highest BCUT2D eigenvalue weighted by Crippen LogP contribution is 2.42. The number of nitrogens with zero attached hydrogens (tertiary/aromatic N) is 3. The molecule has 0 aliphatic carbocycles. The minimum Gasteiger partial charge on any atom is -0.395 e. The summed E-state index contributed by atoms with van der Waals surface area (Å²) < 4.78 is 13.4. The monoisotopic (exact) mass is 658 g/mol. The molecular weight excluding hydrogens is 616 g/mol. The van der Waals surface area contributed by atoms with E-state index in [9.17, 15) is 15.0 Å². The lowest BCUT2D eigenvalue weighted by atomic mass is 9.89. The van der Waals surface area contributed by atoms with Gasteiger partial charge in [0.25, 0.3) is 5.91 Å². The largest absolute Gasteiger partial charge is 0.395 e. The van der Waals surface area contributed by atoms with E-state index in [-0.39, 0.29) is 49.0 Å². The predicted octanol–water partition coefficient (Wildman–Crippen LogP) is 5.97. The summed E-state index contributed by atoms with van der Waals surface area (Å²) in [5.74, 6) is -0.211. The summed E-state index contributed by atoms with van der Waals surface area (Å²) in [6.07, 6.45) is 2.68. The second-order valence-electron chi connectivity index (χ2n) is 13.0. The Morgan fingerprint density at radius 3 is 2.41 bits per heavy atom. The third-order valence-corrected chi connectivity index (χ3v) is 9.88. The van der Waals surface area contributed by atoms with Crippen LogP contribution in [0.5, 0.6) is 0 Å². The molecule has 0 radical (unpaired) electrons. The van der Waals surface area contributed by atoms with Crippen LogP contribution in [-0.2, 0) is 22.6 Å². The molecule has 0 spiro atoms. The predicted molar refractivity (Wildman–Crippen MR) is 187 cm³/mol. The van der Waals surface area contributed by atoms with Crippen molar-refractivity contribution >= 4 is 16.9 Å². The second kappa shape index (κ2) is 14.9. The Balaban J connectivity index is 1.09. The van der Waals surface area contributed by atoms with Crippen molar-refractivity contribution in [2.24, 2.45) is 5.92 Å². The van der Waals surface area contributed by atoms with Gasteiger partial charge >= 0.3 is 0 Å². The molecule has 49 heavy (non-hydrogen) atoms. The maximum atomic E-state index is 13.0. The van der Waals surface area contributed by atoms with Crippen LogP contribution in [0.25, 0.3) is 22.2 Å². The van der Waals surface area contributed by atoms with Crippen molar-refractivity contribution in [3.8, 4) is 11.1 Å². The maximum absolute atomic E-state index is 13.0. The molecule has 0 saturated carbocycles. The average molecular weight is 659 g/mol. The highest BCUT2D eigenvalue weighted by Gasteiger charge is 2.40. The topological polar surface area (TPSA) is 117 Å². The number of hydrogen-bond donors (Lipinski definition) is 3. The number of rotatable bonds is 10. The zero-order valence-electron chi connectivity index (χ0n) is 27.6. The van der Waals surface area contributed by atoms with E-state index in [0.717, 1.165) is 64.8 Å². The van der Waals surface area contributed by atoms with E-state index < -0.39 is 6.29 Å². The van der Waals surface area contributed by atoms with Gasteiger partial charge in [-0.05, 0) is 59.3 Å². The SMILES string of the molecule is C[C@@H]1[C@H](CN2CCC[C@H]2CO)O[C@H](c2ccc(-c3ccccc3CNC(=O)c3cnc4ccccc4n3)cc2)O[C@@H]1c1ccc(CO)cc1. The van der Waals surface area contributed by atoms with Crippen LogP contribution in [-0.4, -0.2) is 62.8 Å². The maximum Gasteiger partial charge on any atom is 0.271 e. The highest BCUT2D eigenvalue weighted by molar-refractivity contribution is 5.93. The zero-order chi connectivity index (χ0) is 33.7. The van der Waals surface area contributed by atoms with Crippen LogP contribution < -0.4 is 5.32 Å². The molecule has 3 N–H and O–H groups in total. The number of carbonyl (C=O) groups is 1. The lowest BCUT2D eigenvalue weighted by molar-refractivity contribution is -0.276. The lowest BCUT2D eigenvalue weighted by Gasteiger charge is -2.43. The number of nitrogens with one attached hydrogen (secondary N) is 1. The molecule has 0 unspecified atom stereocenters. The van der Waals surface area contributed by atoms with E-state index in [4.69, 9.17) is 9.47 Å². The summed E-state index contributed by atoms with van der Waals surface area (Å²) in [6, 6.07) is 31.8. The molecule has 252 valence electrons. The summed E-state index contributed by atoms with van der Waals surface area (Å²) in [4.78, 5) is 24.2. The van der Waals surface area contributed by atoms with E-state index in [0.29, 0.717) is 12.1 Å². The number of carbonyl (C=O) groups excluding carboxylic acids is 1. The Hall–Kier alpha value is -4.51. The van der Waals surface area contributed by atoms with Gasteiger partial charge in [-0.15, -0.1) is 0 Å². The van der Waals surface area contributed by atoms with E-state index in [1.807, 2.05) is 78.9 Å². The van der Waals surface area contributed by atoms with Gasteiger partial charge in [-0.1, -0.05) is 91.9 Å². The van der Waals surface area contributed by atoms with Crippen molar-refractivity contribution in [3.63, 3.8) is 0 Å². The third kappa shape index (κ3) is 7.27. The van der Waals surface area contributed by atoms with Crippen LogP contribution in [0.15, 0.2) is 103 Å². The molecule has 1 aromatic heterocycles. The van der Waals surface area contributed by atoms with Crippen LogP contribution in [0.1, 0.15) is 64.9 Å². The number of hydrogen-bond acceptors (Lipinski definition) is 8. The molecule has 2 saturated heterocycles. The minimum absolute atomic E-state index is 0.00574. The normalized spacial score (nSPS) is 22.7. The number of ether oxygens (including phenoxy) is 2. The molecule has 7 rings (SSSR count). The summed E-state index contributed by atoms with van der Waals surface area (Å²) in [5, 5.41) is 22.6. The fourth-order valence-corrected chi connectivity index (χ4v) is 7.01. The quantitative estimate of drug-likeness (QED) is 0.168. The van der Waals surface area contributed by atoms with Gasteiger partial charge in [0.05, 0.1) is 42.7 Å². The van der Waals surface area contributed by atoms with Crippen LogP contribution in [0.3, 0.4) is 0 Å². The van der Waals surface area contributed by atoms with E-state index >= 15 is 0 Å². The Bertz CT molecular complexity index is 1880. The molecule has 0 bridgehead atoms. The molecule has 2 aliphatic rings. The molecule has 5 aromatic rings. The van der Waals surface area contributed by atoms with Crippen molar-refractivity contribution < 1.29 is 24.5 Å². The van der Waals surface area contributed by atoms with Crippen molar-refractivity contribution in [2.75, 3.05) is 19.7 Å². The molecular formula is C40H42N4O5. The summed E-state index contributed by atoms with van der Waals surface area (Å²) in [7, 11) is 0. The number of fused-ring (bicyclic) bond motifs is 1. The lowest BCUT2D eigenvalue weighted by Crippen LogP contribution is -2.46. The number of aromatic nitrogens is 2. The fourth-order valence-electron chi connectivity index (χ4n) is 7.01. The molecule has 3 heterocycles. The van der Waals surface area contributed by atoms with Gasteiger partial charge in [0.15, 0.2) is 6.29 Å². The van der Waals surface area contributed by atoms with Crippen LogP contribution in [0, 0.1) is 5.92 Å². The molecule has 1 amide bonds. The van der Waals surface area contributed by atoms with Crippen LogP contribution >= 0.6 is 0 Å². The first-order valence-corrected chi connectivity index (χ1v) is 17.0. The molecule has 9 heteroatoms. The number of aliphatic hydroxyl groups excluding tert-OH is 2. The first kappa shape index (κ1) is 33.0. The number of aliphatic hydroxyl groups is 2. The summed E-state index contributed by atoms with van der Waals surface area (Å²) >= 11 is 0. The Labute approximate surface area is 286 Å². The van der Waals surface area contributed by atoms with Gasteiger partial charge in [-0.3, -0.25) is 14.7 Å². The number of amides is 1. The van der Waals surface area contributed by atoms with Crippen molar-refractivity contribution in [3.05, 3.63) is 131 Å². The van der Waals surface area contributed by atoms with E-state index in [2.05, 4.69) is 45.3 Å². The van der Waals surface area contributed by atoms with E-state index in [1.165, 1.54) is 6.20 Å². The van der Waals surface area contributed by atoms with Crippen molar-refractivity contribution in [1.29, 1.82) is 0 Å². The summed E-state index contributed by atoms with van der Waals surface area (Å²) in [5.41, 5.74) is 7.53. The number of benzene rings is 4. The van der Waals surface area contributed by atoms with Gasteiger partial charge in [-0.2, -0.15) is 0 Å². The highest BCUT2D eigenvalue weighted by atomic mass is 16.7. The first-order chi connectivity index (χ1) is 24.0. The van der Waals surface area contributed by atoms with Gasteiger partial charge in [0.2, 0.25) is 0 Å². The standard InChI is InChI=1S/C40H42N4O5/c1-26-37(23-44-20-6-8-32(44)25-46)48-40(49-38(26)29-14-12-27(24-45)13-15-29)30-18-16-28(17-19-30)33-9-3-2-7-31(33)21-42-39(47)36-22-41-34-10-4-5-11-35(34)43-36/h2-5,7,9-19,22,26,32,37-38,40,45-46H,6,8,20-21,23-25H2,1H3,(H,42,47)/t26-,32+,37+,38+,40+/m1/s1. The zero-order valence-corrected chi connectivity index (χ0v) is 27.6. The summed E-state index contributed by atoms with van der Waals surface area (Å²) in [6.45, 7) is 4.32. The molecule has 4 aromatic carbocycles. The average Bonchev–Trinajstić information content (AvgIpc) is 3.62. The van der Waals surface area contributed by atoms with Crippen LogP contribution in [0.2, 0.25) is 0 Å². The Morgan fingerprint density at radius 1 is 0.898 bits per heavy atom. The third-order valence-electron chi connectivity index (χ3n) is 9.88. The van der Waals surface area contributed by atoms with Gasteiger partial charge in [-0.25, -0.2) is 4.98 Å². The molecule has 5 atom stereocenters. The second-order valence-corrected chi connectivity index (χ2v) is 13.0. The first-order valence-electron chi connectivity index (χ1n) is 17.0. The Kier molecular flexibility index (Phi) is 10.1. The van der Waals surface area contributed by atoms with Crippen LogP contribution in [0.4, 0.5) is 0 Å². The number of para-hydroxylation sites is 2. The number of likely N-dealkylation sites (tertiary alicyclic amines) is 1. The van der Waals surface area contributed by atoms with Gasteiger partial charge < -0.3 is 25.0 Å². The molecule has 2 fully saturated rings. The molecule has 2 aliphatic heterocycles. The van der Waals surface area contributed by atoms with Gasteiger partial charge in [0, 0.05) is 30.6 Å². The smallest absolute Gasteiger partial charge is 0.271 e. The minimum atomic E-state index is -0.578. The van der Waals surface area contributed by atoms with Gasteiger partial charge in [0.1, 0.15) is 5.69 Å². The van der Waals surface area contributed by atoms with Crippen molar-refractivity contribution in [1.82, 2.24) is 20.2 Å². The van der Waals surface area contributed by atoms with E-state index in [1.54, 1.807) is 0 Å². The fraction of sp³-hybridized carbons (Fsp3) is 0.325.